The summed E-state index contributed by atoms with van der Waals surface area (Å²) in [6.45, 7) is 8.12. The van der Waals surface area contributed by atoms with E-state index in [1.807, 2.05) is 0 Å². The largest absolute Gasteiger partial charge is 0.328 e. The van der Waals surface area contributed by atoms with Crippen molar-refractivity contribution in [3.8, 4) is 0 Å². The Morgan fingerprint density at radius 2 is 2.29 bits per heavy atom. The van der Waals surface area contributed by atoms with Crippen LogP contribution in [0.25, 0.3) is 0 Å². The van der Waals surface area contributed by atoms with Crippen LogP contribution in [0.4, 0.5) is 0 Å². The number of nitrogens with two attached hydrogens (primary N) is 1. The summed E-state index contributed by atoms with van der Waals surface area (Å²) in [5, 5.41) is -0.0278. The van der Waals surface area contributed by atoms with Crippen molar-refractivity contribution in [2.45, 2.75) is 25.1 Å². The van der Waals surface area contributed by atoms with E-state index in [1.54, 1.807) is 0 Å². The van der Waals surface area contributed by atoms with Gasteiger partial charge in [0.25, 0.3) is 0 Å². The molecule has 2 heteroatoms. The van der Waals surface area contributed by atoms with E-state index < -0.39 is 0 Å². The van der Waals surface area contributed by atoms with E-state index in [9.17, 15) is 0 Å². The molecular formula is C5H14NSi. The maximum absolute atomic E-state index is 5.67. The van der Waals surface area contributed by atoms with Crippen molar-refractivity contribution in [2.24, 2.45) is 5.73 Å². The van der Waals surface area contributed by atoms with Gasteiger partial charge in [-0.05, 0) is 13.3 Å². The van der Waals surface area contributed by atoms with Gasteiger partial charge in [0.2, 0.25) is 0 Å². The number of hydrogen-bond donors (Lipinski definition) is 1. The molecule has 0 aliphatic carbocycles. The molecule has 1 unspecified atom stereocenters. The zero-order valence-corrected chi connectivity index (χ0v) is 6.61. The van der Waals surface area contributed by atoms with Gasteiger partial charge in [-0.15, -0.1) is 0 Å². The molecule has 0 aliphatic heterocycles. The summed E-state index contributed by atoms with van der Waals surface area (Å²) in [6, 6.07) is 0. The molecule has 0 aromatic carbocycles. The first-order valence-electron chi connectivity index (χ1n) is 2.76. The Kier molecular flexibility index (Phi) is 2.54. The lowest BCUT2D eigenvalue weighted by molar-refractivity contribution is 0.692. The summed E-state index contributed by atoms with van der Waals surface area (Å²) in [7, 11) is -0.0914. The van der Waals surface area contributed by atoms with Crippen molar-refractivity contribution in [3.05, 3.63) is 6.92 Å². The van der Waals surface area contributed by atoms with Crippen molar-refractivity contribution in [2.75, 3.05) is 0 Å². The summed E-state index contributed by atoms with van der Waals surface area (Å²) in [6.07, 6.45) is 1.02. The molecule has 0 rings (SSSR count). The molecule has 0 aliphatic rings. The highest BCUT2D eigenvalue weighted by molar-refractivity contribution is 6.38. The minimum Gasteiger partial charge on any atom is -0.328 e. The second kappa shape index (κ2) is 2.48. The van der Waals surface area contributed by atoms with Gasteiger partial charge in [-0.2, -0.15) is 0 Å². The summed E-state index contributed by atoms with van der Waals surface area (Å²) in [5.41, 5.74) is 5.67. The van der Waals surface area contributed by atoms with Crippen LogP contribution in [-0.4, -0.2) is 14.7 Å². The summed E-state index contributed by atoms with van der Waals surface area (Å²) in [5.74, 6) is 0. The van der Waals surface area contributed by atoms with Gasteiger partial charge >= 0.3 is 0 Å². The van der Waals surface area contributed by atoms with Crippen LogP contribution >= 0.6 is 0 Å². The van der Waals surface area contributed by atoms with Crippen molar-refractivity contribution in [3.63, 3.8) is 0 Å². The minimum atomic E-state index is -0.0914. The minimum absolute atomic E-state index is 0.0278. The molecule has 0 aromatic rings. The van der Waals surface area contributed by atoms with E-state index in [0.717, 1.165) is 6.42 Å². The van der Waals surface area contributed by atoms with Gasteiger partial charge in [0, 0.05) is 14.7 Å². The van der Waals surface area contributed by atoms with E-state index in [-0.39, 0.29) is 14.7 Å². The lowest BCUT2D eigenvalue weighted by Crippen LogP contribution is -2.40. The van der Waals surface area contributed by atoms with Crippen molar-refractivity contribution in [1.82, 2.24) is 0 Å². The summed E-state index contributed by atoms with van der Waals surface area (Å²) < 4.78 is 0. The van der Waals surface area contributed by atoms with Gasteiger partial charge in [-0.3, -0.25) is 0 Å². The predicted molar refractivity (Wildman–Crippen MR) is 37.0 cm³/mol. The Labute approximate surface area is 48.1 Å². The summed E-state index contributed by atoms with van der Waals surface area (Å²) in [4.78, 5) is 0. The molecule has 0 saturated heterocycles. The van der Waals surface area contributed by atoms with Gasteiger partial charge in [-0.25, -0.2) is 0 Å². The Hall–Kier alpha value is 0.177. The van der Waals surface area contributed by atoms with E-state index in [4.69, 9.17) is 5.73 Å². The third-order valence-electron chi connectivity index (χ3n) is 1.41. The zero-order chi connectivity index (χ0) is 5.91. The molecule has 1 nitrogen and oxygen atoms in total. The normalized spacial score (nSPS) is 20.6. The monoisotopic (exact) mass is 116 g/mol. The highest BCUT2D eigenvalue weighted by Crippen LogP contribution is 1.99. The van der Waals surface area contributed by atoms with Crippen molar-refractivity contribution >= 4 is 9.52 Å². The Bertz CT molecular complexity index is 46.0. The predicted octanol–water partition coefficient (Wildman–Crippen LogP) is 0.102. The van der Waals surface area contributed by atoms with Crippen LogP contribution in [0.1, 0.15) is 13.3 Å². The molecule has 0 spiro atoms. The molecule has 0 bridgehead atoms. The van der Waals surface area contributed by atoms with Gasteiger partial charge in [-0.1, -0.05) is 13.5 Å². The average molecular weight is 116 g/mol. The Morgan fingerprint density at radius 3 is 2.29 bits per heavy atom. The highest BCUT2D eigenvalue weighted by Gasteiger charge is 2.10. The standard InChI is InChI=1S/C5H14NSi/c1-4-5(2,6)7-3/h2,4,6-7H2,1,3H3. The van der Waals surface area contributed by atoms with Crippen molar-refractivity contribution in [1.29, 1.82) is 0 Å². The lowest BCUT2D eigenvalue weighted by Gasteiger charge is -2.18. The van der Waals surface area contributed by atoms with E-state index in [1.165, 1.54) is 0 Å². The quantitative estimate of drug-likeness (QED) is 0.509. The zero-order valence-electron chi connectivity index (χ0n) is 5.20. The fraction of sp³-hybridized carbons (Fsp3) is 0.800. The highest BCUT2D eigenvalue weighted by atomic mass is 28.2. The molecule has 0 saturated carbocycles. The lowest BCUT2D eigenvalue weighted by atomic mass is 10.3. The van der Waals surface area contributed by atoms with Crippen molar-refractivity contribution < 1.29 is 0 Å². The first-order valence-corrected chi connectivity index (χ1v) is 4.88. The first kappa shape index (κ1) is 7.18. The summed E-state index contributed by atoms with van der Waals surface area (Å²) >= 11 is 0. The topological polar surface area (TPSA) is 26.0 Å². The fourth-order valence-electron chi connectivity index (χ4n) is 0.250. The first-order chi connectivity index (χ1) is 3.12. The van der Waals surface area contributed by atoms with Crippen LogP contribution in [0.3, 0.4) is 0 Å². The van der Waals surface area contributed by atoms with E-state index in [0.29, 0.717) is 0 Å². The second-order valence-electron chi connectivity index (χ2n) is 2.07. The molecule has 0 heterocycles. The number of hydrogen-bond acceptors (Lipinski definition) is 1. The third kappa shape index (κ3) is 2.82. The van der Waals surface area contributed by atoms with Crippen LogP contribution in [0.5, 0.6) is 0 Å². The molecule has 1 atom stereocenters. The van der Waals surface area contributed by atoms with Crippen LogP contribution < -0.4 is 5.73 Å². The molecule has 7 heavy (non-hydrogen) atoms. The maximum atomic E-state index is 5.67. The van der Waals surface area contributed by atoms with Crippen LogP contribution in [0.15, 0.2) is 0 Å². The maximum Gasteiger partial charge on any atom is 0.0410 e. The number of rotatable bonds is 2. The van der Waals surface area contributed by atoms with Crippen LogP contribution in [-0.2, 0) is 0 Å². The second-order valence-corrected chi connectivity index (χ2v) is 4.18. The molecular weight excluding hydrogens is 102 g/mol. The average Bonchev–Trinajstić information content (AvgIpc) is 1.68. The fourth-order valence-corrected chi connectivity index (χ4v) is 0.750. The molecule has 2 N–H and O–H groups in total. The Balaban J connectivity index is 3.36. The Morgan fingerprint density at radius 1 is 1.86 bits per heavy atom. The van der Waals surface area contributed by atoms with Crippen LogP contribution in [0.2, 0.25) is 6.55 Å². The molecule has 43 valence electrons. The van der Waals surface area contributed by atoms with Gasteiger partial charge in [0.15, 0.2) is 0 Å². The van der Waals surface area contributed by atoms with Gasteiger partial charge in [0.1, 0.15) is 0 Å². The molecule has 0 fully saturated rings. The molecule has 1 radical (unpaired) electrons. The molecule has 0 aromatic heterocycles. The molecule has 0 amide bonds. The SMILES string of the molecule is [CH2]C(N)(CC)[SiH2]C. The smallest absolute Gasteiger partial charge is 0.0410 e. The van der Waals surface area contributed by atoms with E-state index >= 15 is 0 Å². The third-order valence-corrected chi connectivity index (χ3v) is 3.32. The van der Waals surface area contributed by atoms with Gasteiger partial charge in [0.05, 0.1) is 0 Å². The van der Waals surface area contributed by atoms with Gasteiger partial charge < -0.3 is 5.73 Å². The van der Waals surface area contributed by atoms with E-state index in [2.05, 4.69) is 20.4 Å². The van der Waals surface area contributed by atoms with Crippen LogP contribution in [0, 0.1) is 6.92 Å².